The predicted octanol–water partition coefficient (Wildman–Crippen LogP) is 0.573. The van der Waals surface area contributed by atoms with E-state index >= 15 is 0 Å². The number of ketones is 1. The van der Waals surface area contributed by atoms with Gasteiger partial charge in [0.15, 0.2) is 0 Å². The van der Waals surface area contributed by atoms with Crippen LogP contribution in [0.5, 0.6) is 0 Å². The molecule has 2 unspecified atom stereocenters. The summed E-state index contributed by atoms with van der Waals surface area (Å²) in [6.07, 6.45) is 0.714. The fourth-order valence-corrected chi connectivity index (χ4v) is 1.11. The maximum atomic E-state index is 11.0. The molecule has 2 heteroatoms. The minimum absolute atomic E-state index is 0.221. The molecule has 2 nitrogen and oxygen atoms in total. The lowest BCUT2D eigenvalue weighted by atomic mass is 9.93. The van der Waals surface area contributed by atoms with Gasteiger partial charge in [0, 0.05) is 24.9 Å². The van der Waals surface area contributed by atoms with E-state index in [9.17, 15) is 4.79 Å². The maximum Gasteiger partial charge on any atom is 0.138 e. The van der Waals surface area contributed by atoms with Crippen LogP contribution in [0.2, 0.25) is 0 Å². The Kier molecular flexibility index (Phi) is 1.86. The summed E-state index contributed by atoms with van der Waals surface area (Å²) in [6, 6.07) is 0.381. The molecule has 0 radical (unpaired) electrons. The molecular formula is C7H13NO. The number of nitrogens with one attached hydrogen (secondary N) is 1. The Morgan fingerprint density at radius 2 is 2.22 bits per heavy atom. The van der Waals surface area contributed by atoms with Crippen LogP contribution in [0.4, 0.5) is 0 Å². The first-order valence-electron chi connectivity index (χ1n) is 3.48. The van der Waals surface area contributed by atoms with E-state index in [1.54, 1.807) is 0 Å². The zero-order valence-corrected chi connectivity index (χ0v) is 5.98. The minimum atomic E-state index is 0.221. The number of rotatable bonds is 0. The van der Waals surface area contributed by atoms with E-state index in [4.69, 9.17) is 0 Å². The van der Waals surface area contributed by atoms with Gasteiger partial charge in [-0.05, 0) is 6.92 Å². The highest BCUT2D eigenvalue weighted by Gasteiger charge is 2.23. The van der Waals surface area contributed by atoms with Crippen molar-refractivity contribution in [3.63, 3.8) is 0 Å². The standard InChI is InChI=1S/C7H13NO/c1-5-6(2)8-4-3-7(5)9/h5-6,8H,3-4H2,1-2H3. The van der Waals surface area contributed by atoms with Crippen molar-refractivity contribution in [3.05, 3.63) is 0 Å². The largest absolute Gasteiger partial charge is 0.313 e. The minimum Gasteiger partial charge on any atom is -0.313 e. The Balaban J connectivity index is 2.51. The normalized spacial score (nSPS) is 36.9. The molecule has 1 aliphatic heterocycles. The van der Waals surface area contributed by atoms with Gasteiger partial charge in [-0.25, -0.2) is 0 Å². The molecule has 0 aromatic carbocycles. The van der Waals surface area contributed by atoms with E-state index < -0.39 is 0 Å². The zero-order valence-electron chi connectivity index (χ0n) is 5.98. The number of piperidine rings is 1. The lowest BCUT2D eigenvalue weighted by Gasteiger charge is -2.25. The molecule has 2 atom stereocenters. The first-order valence-corrected chi connectivity index (χ1v) is 3.48. The first kappa shape index (κ1) is 6.75. The molecule has 0 aromatic heterocycles. The molecule has 0 aliphatic carbocycles. The second kappa shape index (κ2) is 2.48. The topological polar surface area (TPSA) is 29.1 Å². The first-order chi connectivity index (χ1) is 4.22. The van der Waals surface area contributed by atoms with Gasteiger partial charge in [-0.15, -0.1) is 0 Å². The van der Waals surface area contributed by atoms with Crippen molar-refractivity contribution in [3.8, 4) is 0 Å². The molecule has 0 bridgehead atoms. The van der Waals surface area contributed by atoms with Crippen LogP contribution >= 0.6 is 0 Å². The third kappa shape index (κ3) is 1.30. The lowest BCUT2D eigenvalue weighted by molar-refractivity contribution is -0.124. The van der Waals surface area contributed by atoms with Gasteiger partial charge in [0.25, 0.3) is 0 Å². The summed E-state index contributed by atoms with van der Waals surface area (Å²) in [6.45, 7) is 4.91. The lowest BCUT2D eigenvalue weighted by Crippen LogP contribution is -2.42. The number of Topliss-reactive ketones (excluding diaryl/α,β-unsaturated/α-hetero) is 1. The van der Waals surface area contributed by atoms with Gasteiger partial charge in [0.2, 0.25) is 0 Å². The van der Waals surface area contributed by atoms with Crippen LogP contribution in [0.3, 0.4) is 0 Å². The van der Waals surface area contributed by atoms with Gasteiger partial charge < -0.3 is 5.32 Å². The van der Waals surface area contributed by atoms with Crippen LogP contribution in [-0.2, 0) is 4.79 Å². The quantitative estimate of drug-likeness (QED) is 0.515. The molecule has 0 amide bonds. The summed E-state index contributed by atoms with van der Waals surface area (Å²) in [5.41, 5.74) is 0. The average Bonchev–Trinajstić information content (AvgIpc) is 1.83. The fourth-order valence-electron chi connectivity index (χ4n) is 1.11. The molecule has 0 aromatic rings. The summed E-state index contributed by atoms with van der Waals surface area (Å²) >= 11 is 0. The average molecular weight is 127 g/mol. The molecule has 1 rings (SSSR count). The smallest absolute Gasteiger partial charge is 0.138 e. The van der Waals surface area contributed by atoms with Crippen LogP contribution < -0.4 is 5.32 Å². The highest BCUT2D eigenvalue weighted by molar-refractivity contribution is 5.82. The summed E-state index contributed by atoms with van der Waals surface area (Å²) < 4.78 is 0. The molecule has 1 saturated heterocycles. The predicted molar refractivity (Wildman–Crippen MR) is 36.3 cm³/mol. The maximum absolute atomic E-state index is 11.0. The van der Waals surface area contributed by atoms with Gasteiger partial charge in [0.05, 0.1) is 0 Å². The molecule has 0 saturated carbocycles. The van der Waals surface area contributed by atoms with Crippen molar-refractivity contribution in [1.29, 1.82) is 0 Å². The number of hydrogen-bond donors (Lipinski definition) is 1. The Morgan fingerprint density at radius 3 is 2.67 bits per heavy atom. The van der Waals surface area contributed by atoms with Gasteiger partial charge >= 0.3 is 0 Å². The molecule has 1 N–H and O–H groups in total. The highest BCUT2D eigenvalue weighted by atomic mass is 16.1. The van der Waals surface area contributed by atoms with Gasteiger partial charge in [-0.3, -0.25) is 4.79 Å². The third-order valence-electron chi connectivity index (χ3n) is 2.10. The van der Waals surface area contributed by atoms with Crippen molar-refractivity contribution < 1.29 is 4.79 Å². The molecule has 0 spiro atoms. The third-order valence-corrected chi connectivity index (χ3v) is 2.10. The fraction of sp³-hybridized carbons (Fsp3) is 0.857. The van der Waals surface area contributed by atoms with Crippen molar-refractivity contribution in [2.75, 3.05) is 6.54 Å². The molecule has 1 heterocycles. The Labute approximate surface area is 55.6 Å². The Hall–Kier alpha value is -0.370. The Morgan fingerprint density at radius 1 is 1.56 bits per heavy atom. The van der Waals surface area contributed by atoms with E-state index in [-0.39, 0.29) is 5.92 Å². The summed E-state index contributed by atoms with van der Waals surface area (Å²) in [5, 5.41) is 3.24. The second-order valence-electron chi connectivity index (χ2n) is 2.75. The van der Waals surface area contributed by atoms with E-state index in [1.165, 1.54) is 0 Å². The molecule has 1 fully saturated rings. The highest BCUT2D eigenvalue weighted by Crippen LogP contribution is 2.10. The number of hydrogen-bond acceptors (Lipinski definition) is 2. The van der Waals surface area contributed by atoms with Crippen LogP contribution in [0.25, 0.3) is 0 Å². The van der Waals surface area contributed by atoms with Crippen LogP contribution in [0, 0.1) is 5.92 Å². The monoisotopic (exact) mass is 127 g/mol. The van der Waals surface area contributed by atoms with Gasteiger partial charge in [0.1, 0.15) is 5.78 Å². The van der Waals surface area contributed by atoms with Crippen LogP contribution in [-0.4, -0.2) is 18.4 Å². The van der Waals surface area contributed by atoms with Crippen molar-refractivity contribution in [1.82, 2.24) is 5.32 Å². The molecule has 9 heavy (non-hydrogen) atoms. The molecule has 1 aliphatic rings. The van der Waals surface area contributed by atoms with Crippen molar-refractivity contribution in [2.45, 2.75) is 26.3 Å². The van der Waals surface area contributed by atoms with E-state index in [2.05, 4.69) is 12.2 Å². The van der Waals surface area contributed by atoms with E-state index in [0.717, 1.165) is 6.54 Å². The van der Waals surface area contributed by atoms with E-state index in [1.807, 2.05) is 6.92 Å². The van der Waals surface area contributed by atoms with Gasteiger partial charge in [-0.1, -0.05) is 6.92 Å². The summed E-state index contributed by atoms with van der Waals surface area (Å²) in [7, 11) is 0. The van der Waals surface area contributed by atoms with Gasteiger partial charge in [-0.2, -0.15) is 0 Å². The SMILES string of the molecule is CC1NCCC(=O)C1C. The molecule has 52 valence electrons. The van der Waals surface area contributed by atoms with Crippen LogP contribution in [0.1, 0.15) is 20.3 Å². The van der Waals surface area contributed by atoms with E-state index in [0.29, 0.717) is 18.2 Å². The van der Waals surface area contributed by atoms with Crippen molar-refractivity contribution >= 4 is 5.78 Å². The van der Waals surface area contributed by atoms with Crippen LogP contribution in [0.15, 0.2) is 0 Å². The second-order valence-corrected chi connectivity index (χ2v) is 2.75. The zero-order chi connectivity index (χ0) is 6.85. The number of carbonyl (C=O) groups is 1. The Bertz CT molecular complexity index is 122. The van der Waals surface area contributed by atoms with Crippen molar-refractivity contribution in [2.24, 2.45) is 5.92 Å². The summed E-state index contributed by atoms with van der Waals surface area (Å²) in [5.74, 6) is 0.625. The summed E-state index contributed by atoms with van der Waals surface area (Å²) in [4.78, 5) is 11.0. The number of carbonyl (C=O) groups excluding carboxylic acids is 1. The molecular weight excluding hydrogens is 114 g/mol.